The Morgan fingerprint density at radius 2 is 1.33 bits per heavy atom. The normalized spacial score (nSPS) is 11.5. The van der Waals surface area contributed by atoms with Gasteiger partial charge in [-0.05, 0) is 34.9 Å². The summed E-state index contributed by atoms with van der Waals surface area (Å²) >= 11 is 6.01. The van der Waals surface area contributed by atoms with Crippen LogP contribution in [0.2, 0.25) is 5.02 Å². The first-order valence-electron chi connectivity index (χ1n) is 15.3. The summed E-state index contributed by atoms with van der Waals surface area (Å²) in [5.74, 6) is -0.00292. The van der Waals surface area contributed by atoms with Crippen LogP contribution in [0.25, 0.3) is 33.6 Å². The molecule has 0 fully saturated rings. The number of alkyl halides is 5. The maximum absolute atomic E-state index is 13.3. The van der Waals surface area contributed by atoms with E-state index in [1.807, 2.05) is 0 Å². The van der Waals surface area contributed by atoms with Crippen LogP contribution in [0.4, 0.5) is 27.9 Å². The van der Waals surface area contributed by atoms with Crippen LogP contribution in [-0.2, 0) is 13.1 Å². The summed E-state index contributed by atoms with van der Waals surface area (Å²) in [6.45, 7) is -1.97. The van der Waals surface area contributed by atoms with Gasteiger partial charge in [-0.15, -0.1) is 0 Å². The molecular weight excluding hydrogens is 713 g/mol. The topological polar surface area (TPSA) is 143 Å². The molecule has 0 aliphatic carbocycles. The quantitative estimate of drug-likeness (QED) is 0.154. The van der Waals surface area contributed by atoms with Gasteiger partial charge in [0.1, 0.15) is 5.69 Å². The van der Waals surface area contributed by atoms with Crippen molar-refractivity contribution in [2.45, 2.75) is 25.7 Å². The molecule has 6 rings (SSSR count). The minimum atomic E-state index is -4.54. The summed E-state index contributed by atoms with van der Waals surface area (Å²) in [4.78, 5) is 41.8. The number of benzene rings is 2. The predicted molar refractivity (Wildman–Crippen MR) is 180 cm³/mol. The van der Waals surface area contributed by atoms with E-state index in [1.54, 1.807) is 48.5 Å². The van der Waals surface area contributed by atoms with E-state index in [-0.39, 0.29) is 19.0 Å². The Labute approximate surface area is 295 Å². The molecule has 0 aliphatic heterocycles. The highest BCUT2D eigenvalue weighted by atomic mass is 35.5. The molecule has 0 bridgehead atoms. The molecule has 1 N–H and O–H groups in total. The molecule has 2 aromatic carbocycles. The molecule has 12 nitrogen and oxygen atoms in total. The van der Waals surface area contributed by atoms with Crippen LogP contribution in [0.1, 0.15) is 11.1 Å². The minimum Gasteiger partial charge on any atom is -0.454 e. The average molecular weight is 738 g/mol. The number of hydrogen-bond donors (Lipinski definition) is 1. The number of hydrogen-bond acceptors (Lipinski definition) is 10. The number of ether oxygens (including phenoxy) is 1. The Balaban J connectivity index is 1.27. The van der Waals surface area contributed by atoms with Gasteiger partial charge in [-0.1, -0.05) is 48.0 Å². The van der Waals surface area contributed by atoms with Gasteiger partial charge in [-0.25, -0.2) is 38.1 Å². The molecule has 18 heteroatoms. The summed E-state index contributed by atoms with van der Waals surface area (Å²) in [5.41, 5.74) is 3.09. The molecule has 6 aromatic rings. The molecule has 0 saturated carbocycles. The SMILES string of the molecule is O=c1ccc(-c2cnc(OCC(F)(F)F)nc2)nn1Cc1ccc(-c2cc(=O)n(Cc3ccc(Cl)cc3)nc2-c2cnc(NCC(F)F)nc2)cc1. The highest BCUT2D eigenvalue weighted by Gasteiger charge is 2.29. The van der Waals surface area contributed by atoms with Crippen molar-refractivity contribution in [1.82, 2.24) is 39.5 Å². The molecular formula is C34H25ClF5N9O3. The number of halogens is 6. The Morgan fingerprint density at radius 1 is 0.731 bits per heavy atom. The molecule has 0 spiro atoms. The lowest BCUT2D eigenvalue weighted by Crippen LogP contribution is -2.24. The van der Waals surface area contributed by atoms with Gasteiger partial charge in [0, 0.05) is 58.6 Å². The first kappa shape index (κ1) is 35.7. The minimum absolute atomic E-state index is 0.00292. The van der Waals surface area contributed by atoms with E-state index in [2.05, 4.69) is 40.2 Å². The van der Waals surface area contributed by atoms with E-state index in [1.165, 1.54) is 52.4 Å². The maximum atomic E-state index is 13.3. The van der Waals surface area contributed by atoms with Crippen LogP contribution in [-0.4, -0.2) is 65.3 Å². The van der Waals surface area contributed by atoms with Gasteiger partial charge in [-0.2, -0.15) is 23.4 Å². The highest BCUT2D eigenvalue weighted by molar-refractivity contribution is 6.30. The zero-order valence-corrected chi connectivity index (χ0v) is 27.4. The first-order chi connectivity index (χ1) is 24.9. The van der Waals surface area contributed by atoms with Crippen LogP contribution in [0.15, 0.2) is 101 Å². The highest BCUT2D eigenvalue weighted by Crippen LogP contribution is 2.29. The second-order valence-corrected chi connectivity index (χ2v) is 11.6. The van der Waals surface area contributed by atoms with E-state index in [0.717, 1.165) is 5.56 Å². The Bertz CT molecular complexity index is 2270. The largest absolute Gasteiger partial charge is 0.454 e. The fourth-order valence-electron chi connectivity index (χ4n) is 4.86. The molecule has 266 valence electrons. The van der Waals surface area contributed by atoms with Crippen LogP contribution in [0.3, 0.4) is 0 Å². The van der Waals surface area contributed by atoms with Crippen molar-refractivity contribution >= 4 is 17.5 Å². The summed E-state index contributed by atoms with van der Waals surface area (Å²) in [7, 11) is 0. The molecule has 0 saturated heterocycles. The van der Waals surface area contributed by atoms with Gasteiger partial charge in [0.05, 0.1) is 25.3 Å². The molecule has 52 heavy (non-hydrogen) atoms. The van der Waals surface area contributed by atoms with Crippen molar-refractivity contribution in [2.24, 2.45) is 0 Å². The van der Waals surface area contributed by atoms with Crippen molar-refractivity contribution in [2.75, 3.05) is 18.5 Å². The third-order valence-electron chi connectivity index (χ3n) is 7.34. The van der Waals surface area contributed by atoms with Gasteiger partial charge >= 0.3 is 12.2 Å². The van der Waals surface area contributed by atoms with Crippen molar-refractivity contribution in [1.29, 1.82) is 0 Å². The van der Waals surface area contributed by atoms with E-state index < -0.39 is 42.9 Å². The monoisotopic (exact) mass is 737 g/mol. The molecule has 0 aliphatic rings. The fraction of sp³-hybridized carbons (Fsp3) is 0.176. The molecule has 0 amide bonds. The lowest BCUT2D eigenvalue weighted by Gasteiger charge is -2.14. The van der Waals surface area contributed by atoms with Crippen molar-refractivity contribution in [3.8, 4) is 39.7 Å². The Morgan fingerprint density at radius 3 is 1.94 bits per heavy atom. The summed E-state index contributed by atoms with van der Waals surface area (Å²) in [6, 6.07) is 17.6. The maximum Gasteiger partial charge on any atom is 0.422 e. The van der Waals surface area contributed by atoms with E-state index in [0.29, 0.717) is 44.2 Å². The average Bonchev–Trinajstić information content (AvgIpc) is 3.13. The van der Waals surface area contributed by atoms with Crippen LogP contribution in [0.5, 0.6) is 6.01 Å². The smallest absolute Gasteiger partial charge is 0.422 e. The van der Waals surface area contributed by atoms with E-state index in [9.17, 15) is 31.5 Å². The van der Waals surface area contributed by atoms with Crippen LogP contribution in [0, 0.1) is 0 Å². The molecule has 0 atom stereocenters. The van der Waals surface area contributed by atoms with E-state index in [4.69, 9.17) is 11.6 Å². The molecule has 4 heterocycles. The van der Waals surface area contributed by atoms with E-state index >= 15 is 0 Å². The number of rotatable bonds is 12. The zero-order valence-electron chi connectivity index (χ0n) is 26.6. The summed E-state index contributed by atoms with van der Waals surface area (Å²) < 4.78 is 69.7. The third kappa shape index (κ3) is 9.16. The summed E-state index contributed by atoms with van der Waals surface area (Å²) in [6.07, 6.45) is -1.85. The predicted octanol–water partition coefficient (Wildman–Crippen LogP) is 5.75. The fourth-order valence-corrected chi connectivity index (χ4v) is 4.98. The number of aromatic nitrogens is 8. The number of nitrogens with zero attached hydrogens (tertiary/aromatic N) is 8. The van der Waals surface area contributed by atoms with Crippen LogP contribution < -0.4 is 21.2 Å². The van der Waals surface area contributed by atoms with Gasteiger partial charge in [-0.3, -0.25) is 9.59 Å². The number of anilines is 1. The lowest BCUT2D eigenvalue weighted by atomic mass is 10.0. The van der Waals surface area contributed by atoms with Crippen molar-refractivity contribution < 1.29 is 26.7 Å². The van der Waals surface area contributed by atoms with Crippen molar-refractivity contribution in [3.05, 3.63) is 128 Å². The summed E-state index contributed by atoms with van der Waals surface area (Å²) in [5, 5.41) is 12.0. The molecule has 4 aromatic heterocycles. The first-order valence-corrected chi connectivity index (χ1v) is 15.7. The lowest BCUT2D eigenvalue weighted by molar-refractivity contribution is -0.154. The second kappa shape index (κ2) is 15.4. The van der Waals surface area contributed by atoms with Gasteiger partial charge in [0.2, 0.25) is 5.95 Å². The van der Waals surface area contributed by atoms with Gasteiger partial charge in [0.25, 0.3) is 17.5 Å². The second-order valence-electron chi connectivity index (χ2n) is 11.2. The molecule has 0 unspecified atom stereocenters. The Hall–Kier alpha value is -6.10. The van der Waals surface area contributed by atoms with Gasteiger partial charge < -0.3 is 10.1 Å². The molecule has 0 radical (unpaired) electrons. The van der Waals surface area contributed by atoms with Gasteiger partial charge in [0.15, 0.2) is 6.61 Å². The third-order valence-corrected chi connectivity index (χ3v) is 7.59. The van der Waals surface area contributed by atoms with Crippen molar-refractivity contribution in [3.63, 3.8) is 0 Å². The standard InChI is InChI=1S/C34H25ClF5N9O3/c35-25-7-3-21(4-8-25)18-49-30(51)11-26(31(47-49)24-14-41-32(42-15-24)43-16-28(36)37)22-5-1-20(2-6-22)17-48-29(50)10-9-27(46-48)23-12-44-33(45-13-23)52-19-34(38,39)40/h1-15,28H,16-19H2,(H,41,42,43). The Kier molecular flexibility index (Phi) is 10.6. The zero-order chi connectivity index (χ0) is 36.8. The van der Waals surface area contributed by atoms with Crippen LogP contribution >= 0.6 is 11.6 Å². The number of nitrogens with one attached hydrogen (secondary N) is 1.